The molecular weight excluding hydrogens is 368 g/mol. The molecule has 0 bridgehead atoms. The maximum Gasteiger partial charge on any atom is 0.199 e. The molecule has 0 aliphatic rings. The topological polar surface area (TPSA) is 71.8 Å². The first-order valence-corrected chi connectivity index (χ1v) is 7.36. The van der Waals surface area contributed by atoms with E-state index in [-0.39, 0.29) is 22.6 Å². The van der Waals surface area contributed by atoms with Crippen molar-refractivity contribution >= 4 is 27.5 Å². The molecule has 0 saturated heterocycles. The molecule has 116 valence electrons. The van der Waals surface area contributed by atoms with E-state index in [4.69, 9.17) is 5.73 Å². The van der Waals surface area contributed by atoms with Crippen LogP contribution in [0, 0.1) is 11.6 Å². The molecule has 0 radical (unpaired) electrons. The Morgan fingerprint density at radius 1 is 1.17 bits per heavy atom. The summed E-state index contributed by atoms with van der Waals surface area (Å²) in [4.78, 5) is 12.7. The highest BCUT2D eigenvalue weighted by molar-refractivity contribution is 9.10. The molecule has 2 aromatic carbocycles. The highest BCUT2D eigenvalue weighted by Crippen LogP contribution is 2.30. The van der Waals surface area contributed by atoms with Crippen LogP contribution >= 0.6 is 15.9 Å². The van der Waals surface area contributed by atoms with Gasteiger partial charge < -0.3 is 5.73 Å². The van der Waals surface area contributed by atoms with Gasteiger partial charge >= 0.3 is 0 Å². The van der Waals surface area contributed by atoms with Gasteiger partial charge in [0.2, 0.25) is 0 Å². The lowest BCUT2D eigenvalue weighted by Crippen LogP contribution is -2.06. The average Bonchev–Trinajstić information content (AvgIpc) is 2.88. The minimum absolute atomic E-state index is 0.0222. The molecule has 1 heterocycles. The normalized spacial score (nSPS) is 10.7. The number of nitrogens with two attached hydrogens (primary N) is 1. The van der Waals surface area contributed by atoms with Crippen molar-refractivity contribution in [1.82, 2.24) is 10.2 Å². The smallest absolute Gasteiger partial charge is 0.199 e. The van der Waals surface area contributed by atoms with Crippen molar-refractivity contribution in [2.45, 2.75) is 0 Å². The first kappa shape index (κ1) is 15.4. The minimum Gasteiger partial charge on any atom is -0.382 e. The van der Waals surface area contributed by atoms with Crippen LogP contribution in [0.15, 0.2) is 46.9 Å². The number of carbonyl (C=O) groups is 1. The van der Waals surface area contributed by atoms with Crippen LogP contribution in [0.5, 0.6) is 0 Å². The Hall–Kier alpha value is -2.54. The Morgan fingerprint density at radius 3 is 2.65 bits per heavy atom. The van der Waals surface area contributed by atoms with E-state index in [1.165, 1.54) is 6.07 Å². The van der Waals surface area contributed by atoms with Crippen molar-refractivity contribution in [3.05, 3.63) is 69.7 Å². The third-order valence-corrected chi connectivity index (χ3v) is 3.80. The highest BCUT2D eigenvalue weighted by Gasteiger charge is 2.23. The van der Waals surface area contributed by atoms with Crippen molar-refractivity contribution in [3.63, 3.8) is 0 Å². The van der Waals surface area contributed by atoms with Gasteiger partial charge in [-0.3, -0.25) is 9.89 Å². The van der Waals surface area contributed by atoms with Crippen LogP contribution in [-0.4, -0.2) is 16.0 Å². The molecule has 0 aliphatic carbocycles. The van der Waals surface area contributed by atoms with Gasteiger partial charge in [-0.2, -0.15) is 5.10 Å². The van der Waals surface area contributed by atoms with Crippen LogP contribution in [-0.2, 0) is 0 Å². The molecular formula is C16H10BrF2N3O. The summed E-state index contributed by atoms with van der Waals surface area (Å²) >= 11 is 3.29. The van der Waals surface area contributed by atoms with Crippen LogP contribution in [0.25, 0.3) is 11.3 Å². The zero-order valence-electron chi connectivity index (χ0n) is 11.6. The second kappa shape index (κ2) is 5.92. The maximum absolute atomic E-state index is 14.0. The number of aromatic amines is 1. The number of halogens is 3. The Kier molecular flexibility index (Phi) is 3.96. The fraction of sp³-hybridized carbons (Fsp3) is 0. The Labute approximate surface area is 138 Å². The maximum atomic E-state index is 14.0. The molecule has 0 fully saturated rings. The van der Waals surface area contributed by atoms with Gasteiger partial charge in [0.05, 0.1) is 11.3 Å². The average molecular weight is 378 g/mol. The number of benzene rings is 2. The number of nitrogens with zero attached hydrogens (tertiary/aromatic N) is 1. The van der Waals surface area contributed by atoms with Crippen molar-refractivity contribution in [1.29, 1.82) is 0 Å². The summed E-state index contributed by atoms with van der Waals surface area (Å²) in [7, 11) is 0. The molecule has 3 N–H and O–H groups in total. The molecule has 4 nitrogen and oxygen atoms in total. The lowest BCUT2D eigenvalue weighted by molar-refractivity contribution is 0.104. The van der Waals surface area contributed by atoms with Gasteiger partial charge in [-0.25, -0.2) is 8.78 Å². The number of anilines is 1. The van der Waals surface area contributed by atoms with E-state index in [1.807, 2.05) is 0 Å². The van der Waals surface area contributed by atoms with Gasteiger partial charge in [0.25, 0.3) is 0 Å². The number of ketones is 1. The first-order chi connectivity index (χ1) is 11.0. The predicted octanol–water partition coefficient (Wildman–Crippen LogP) is 3.93. The minimum atomic E-state index is -0.808. The van der Waals surface area contributed by atoms with Crippen molar-refractivity contribution in [3.8, 4) is 11.3 Å². The van der Waals surface area contributed by atoms with Gasteiger partial charge in [0.15, 0.2) is 11.6 Å². The van der Waals surface area contributed by atoms with Crippen LogP contribution < -0.4 is 5.73 Å². The Balaban J connectivity index is 2.14. The van der Waals surface area contributed by atoms with Crippen LogP contribution in [0.1, 0.15) is 15.9 Å². The van der Waals surface area contributed by atoms with Gasteiger partial charge in [0.1, 0.15) is 11.6 Å². The van der Waals surface area contributed by atoms with Gasteiger partial charge in [0, 0.05) is 21.7 Å². The monoisotopic (exact) mass is 377 g/mol. The first-order valence-electron chi connectivity index (χ1n) is 6.57. The Bertz CT molecular complexity index is 908. The number of aromatic nitrogens is 2. The Morgan fingerprint density at radius 2 is 1.96 bits per heavy atom. The molecule has 0 unspecified atom stereocenters. The molecule has 3 aromatic rings. The van der Waals surface area contributed by atoms with Crippen LogP contribution in [0.4, 0.5) is 14.6 Å². The molecule has 0 saturated carbocycles. The summed E-state index contributed by atoms with van der Waals surface area (Å²) < 4.78 is 27.8. The van der Waals surface area contributed by atoms with E-state index in [9.17, 15) is 13.6 Å². The van der Waals surface area contributed by atoms with Gasteiger partial charge in [-0.05, 0) is 24.3 Å². The fourth-order valence-electron chi connectivity index (χ4n) is 2.25. The summed E-state index contributed by atoms with van der Waals surface area (Å²) in [6.07, 6.45) is 0. The standard InChI is InChI=1S/C16H10BrF2N3O/c17-9-3-1-2-8(6-9)15(23)13-14(21-22-16(13)20)11-5-4-10(18)7-12(11)19/h1-7H,(H3,20,21,22). The second-order valence-corrected chi connectivity index (χ2v) is 5.74. The molecule has 0 spiro atoms. The number of nitrogen functional groups attached to an aromatic ring is 1. The number of carbonyl (C=O) groups excluding carboxylic acids is 1. The lowest BCUT2D eigenvalue weighted by atomic mass is 9.99. The summed E-state index contributed by atoms with van der Waals surface area (Å²) in [6.45, 7) is 0. The molecule has 1 aromatic heterocycles. The zero-order valence-corrected chi connectivity index (χ0v) is 13.2. The van der Waals surface area contributed by atoms with E-state index in [2.05, 4.69) is 26.1 Å². The molecule has 23 heavy (non-hydrogen) atoms. The quantitative estimate of drug-likeness (QED) is 0.679. The SMILES string of the molecule is Nc1n[nH]c(-c2ccc(F)cc2F)c1C(=O)c1cccc(Br)c1. The van der Waals surface area contributed by atoms with Crippen LogP contribution in [0.2, 0.25) is 0 Å². The van der Waals surface area contributed by atoms with Crippen molar-refractivity contribution in [2.75, 3.05) is 5.73 Å². The summed E-state index contributed by atoms with van der Waals surface area (Å²) in [6, 6.07) is 9.78. The molecule has 0 amide bonds. The summed E-state index contributed by atoms with van der Waals surface area (Å²) in [5.41, 5.74) is 6.32. The molecule has 0 atom stereocenters. The van der Waals surface area contributed by atoms with E-state index in [0.29, 0.717) is 5.56 Å². The van der Waals surface area contributed by atoms with Crippen molar-refractivity contribution in [2.24, 2.45) is 0 Å². The van der Waals surface area contributed by atoms with E-state index in [1.54, 1.807) is 24.3 Å². The number of rotatable bonds is 3. The van der Waals surface area contributed by atoms with E-state index >= 15 is 0 Å². The number of hydrogen-bond donors (Lipinski definition) is 2. The number of H-pyrrole nitrogens is 1. The lowest BCUT2D eigenvalue weighted by Gasteiger charge is -2.06. The number of hydrogen-bond acceptors (Lipinski definition) is 3. The van der Waals surface area contributed by atoms with E-state index < -0.39 is 17.4 Å². The third kappa shape index (κ3) is 2.87. The van der Waals surface area contributed by atoms with Gasteiger partial charge in [-0.15, -0.1) is 0 Å². The van der Waals surface area contributed by atoms with Crippen LogP contribution in [0.3, 0.4) is 0 Å². The summed E-state index contributed by atoms with van der Waals surface area (Å²) in [5, 5.41) is 6.33. The summed E-state index contributed by atoms with van der Waals surface area (Å²) in [5.74, 6) is -1.97. The third-order valence-electron chi connectivity index (χ3n) is 3.31. The largest absolute Gasteiger partial charge is 0.382 e. The predicted molar refractivity (Wildman–Crippen MR) is 85.9 cm³/mol. The van der Waals surface area contributed by atoms with Crippen molar-refractivity contribution < 1.29 is 13.6 Å². The molecule has 0 aliphatic heterocycles. The highest BCUT2D eigenvalue weighted by atomic mass is 79.9. The molecule has 7 heteroatoms. The van der Waals surface area contributed by atoms with E-state index in [0.717, 1.165) is 16.6 Å². The molecule has 3 rings (SSSR count). The number of nitrogens with one attached hydrogen (secondary N) is 1. The van der Waals surface area contributed by atoms with Gasteiger partial charge in [-0.1, -0.05) is 28.1 Å². The zero-order chi connectivity index (χ0) is 16.6. The fourth-order valence-corrected chi connectivity index (χ4v) is 2.65. The second-order valence-electron chi connectivity index (χ2n) is 4.82.